The van der Waals surface area contributed by atoms with Crippen molar-refractivity contribution in [2.24, 2.45) is 11.7 Å². The maximum Gasteiger partial charge on any atom is 0.139 e. The molecule has 1 aliphatic rings. The lowest BCUT2D eigenvalue weighted by Gasteiger charge is -2.51. The van der Waals surface area contributed by atoms with Crippen LogP contribution in [0.1, 0.15) is 13.8 Å². The molecule has 4 heteroatoms. The van der Waals surface area contributed by atoms with Crippen molar-refractivity contribution >= 4 is 16.8 Å². The number of hydrogen-bond donors (Lipinski definition) is 1. The van der Waals surface area contributed by atoms with E-state index < -0.39 is 0 Å². The molecule has 0 radical (unpaired) electrons. The number of furan rings is 1. The van der Waals surface area contributed by atoms with Gasteiger partial charge in [0.2, 0.25) is 0 Å². The molecule has 0 amide bonds. The molecule has 3 rings (SSSR count). The maximum absolute atomic E-state index is 6.30. The third-order valence-corrected chi connectivity index (χ3v) is 3.78. The van der Waals surface area contributed by atoms with E-state index in [1.54, 1.807) is 12.5 Å². The lowest BCUT2D eigenvalue weighted by atomic mass is 9.80. The van der Waals surface area contributed by atoms with Gasteiger partial charge in [-0.3, -0.25) is 0 Å². The SMILES string of the molecule is CC(C)C1(N)CN(c2nccc3occc23)C1. The van der Waals surface area contributed by atoms with E-state index in [2.05, 4.69) is 23.7 Å². The predicted octanol–water partition coefficient (Wildman–Crippen LogP) is 2.00. The van der Waals surface area contributed by atoms with Crippen molar-refractivity contribution in [3.63, 3.8) is 0 Å². The molecule has 2 aromatic rings. The summed E-state index contributed by atoms with van der Waals surface area (Å²) in [7, 11) is 0. The molecule has 1 fully saturated rings. The van der Waals surface area contributed by atoms with Crippen LogP contribution in [0.25, 0.3) is 11.0 Å². The molecule has 1 saturated heterocycles. The summed E-state index contributed by atoms with van der Waals surface area (Å²) in [4.78, 5) is 6.66. The molecule has 0 spiro atoms. The van der Waals surface area contributed by atoms with Gasteiger partial charge in [-0.05, 0) is 18.1 Å². The Labute approximate surface area is 100 Å². The summed E-state index contributed by atoms with van der Waals surface area (Å²) in [6.07, 6.45) is 3.49. The van der Waals surface area contributed by atoms with Crippen LogP contribution in [0.5, 0.6) is 0 Å². The molecule has 4 nitrogen and oxygen atoms in total. The van der Waals surface area contributed by atoms with Crippen molar-refractivity contribution in [1.29, 1.82) is 0 Å². The van der Waals surface area contributed by atoms with Crippen molar-refractivity contribution in [2.75, 3.05) is 18.0 Å². The van der Waals surface area contributed by atoms with Crippen LogP contribution in [-0.2, 0) is 0 Å². The van der Waals surface area contributed by atoms with Gasteiger partial charge in [0.05, 0.1) is 17.2 Å². The lowest BCUT2D eigenvalue weighted by molar-refractivity contribution is 0.244. The highest BCUT2D eigenvalue weighted by Gasteiger charge is 2.42. The van der Waals surface area contributed by atoms with E-state index in [1.165, 1.54) is 0 Å². The molecular formula is C13H17N3O. The molecule has 2 aromatic heterocycles. The zero-order chi connectivity index (χ0) is 12.0. The van der Waals surface area contributed by atoms with Gasteiger partial charge in [0.1, 0.15) is 11.4 Å². The summed E-state index contributed by atoms with van der Waals surface area (Å²) in [6, 6.07) is 3.85. The standard InChI is InChI=1S/C13H17N3O/c1-9(2)13(14)7-16(8-13)12-10-4-6-17-11(10)3-5-15-12/h3-6,9H,7-8,14H2,1-2H3. The van der Waals surface area contributed by atoms with Crippen LogP contribution in [-0.4, -0.2) is 23.6 Å². The fourth-order valence-corrected chi connectivity index (χ4v) is 2.31. The Kier molecular flexibility index (Phi) is 2.16. The van der Waals surface area contributed by atoms with Gasteiger partial charge >= 0.3 is 0 Å². The molecule has 2 N–H and O–H groups in total. The number of nitrogens with zero attached hydrogens (tertiary/aromatic N) is 2. The first kappa shape index (κ1) is 10.6. The first-order valence-corrected chi connectivity index (χ1v) is 5.96. The Hall–Kier alpha value is -1.55. The minimum atomic E-state index is -0.0758. The minimum Gasteiger partial charge on any atom is -0.464 e. The predicted molar refractivity (Wildman–Crippen MR) is 68.0 cm³/mol. The van der Waals surface area contributed by atoms with E-state index in [4.69, 9.17) is 10.2 Å². The van der Waals surface area contributed by atoms with E-state index in [-0.39, 0.29) is 5.54 Å². The van der Waals surface area contributed by atoms with Gasteiger partial charge in [0, 0.05) is 19.3 Å². The van der Waals surface area contributed by atoms with Gasteiger partial charge in [0.15, 0.2) is 0 Å². The molecule has 0 saturated carbocycles. The van der Waals surface area contributed by atoms with Crippen molar-refractivity contribution in [3.05, 3.63) is 24.6 Å². The summed E-state index contributed by atoms with van der Waals surface area (Å²) in [5, 5.41) is 1.07. The molecule has 0 unspecified atom stereocenters. The number of pyridine rings is 1. The molecular weight excluding hydrogens is 214 g/mol. The monoisotopic (exact) mass is 231 g/mol. The van der Waals surface area contributed by atoms with Gasteiger partial charge in [-0.1, -0.05) is 13.8 Å². The van der Waals surface area contributed by atoms with Crippen LogP contribution >= 0.6 is 0 Å². The van der Waals surface area contributed by atoms with Crippen LogP contribution in [0, 0.1) is 5.92 Å². The molecule has 0 aliphatic carbocycles. The number of aromatic nitrogens is 1. The van der Waals surface area contributed by atoms with Gasteiger partial charge < -0.3 is 15.1 Å². The number of nitrogens with two attached hydrogens (primary N) is 1. The van der Waals surface area contributed by atoms with E-state index >= 15 is 0 Å². The summed E-state index contributed by atoms with van der Waals surface area (Å²) in [5.74, 6) is 1.47. The summed E-state index contributed by atoms with van der Waals surface area (Å²) in [5.41, 5.74) is 7.11. The highest BCUT2D eigenvalue weighted by atomic mass is 16.3. The first-order valence-electron chi connectivity index (χ1n) is 5.96. The van der Waals surface area contributed by atoms with Gasteiger partial charge in [-0.25, -0.2) is 4.98 Å². The average Bonchev–Trinajstić information content (AvgIpc) is 2.72. The third-order valence-electron chi connectivity index (χ3n) is 3.78. The maximum atomic E-state index is 6.30. The fraction of sp³-hybridized carbons (Fsp3) is 0.462. The van der Waals surface area contributed by atoms with Crippen molar-refractivity contribution in [1.82, 2.24) is 4.98 Å². The first-order chi connectivity index (χ1) is 8.10. The molecule has 0 atom stereocenters. The van der Waals surface area contributed by atoms with Crippen molar-refractivity contribution in [3.8, 4) is 0 Å². The fourth-order valence-electron chi connectivity index (χ4n) is 2.31. The van der Waals surface area contributed by atoms with E-state index in [0.29, 0.717) is 5.92 Å². The van der Waals surface area contributed by atoms with Crippen LogP contribution in [0.4, 0.5) is 5.82 Å². The Bertz CT molecular complexity index is 540. The normalized spacial score (nSPS) is 18.7. The summed E-state index contributed by atoms with van der Waals surface area (Å²) >= 11 is 0. The van der Waals surface area contributed by atoms with Crippen LogP contribution < -0.4 is 10.6 Å². The Balaban J connectivity index is 1.90. The largest absolute Gasteiger partial charge is 0.464 e. The second-order valence-corrected chi connectivity index (χ2v) is 5.21. The number of anilines is 1. The molecule has 3 heterocycles. The van der Waals surface area contributed by atoms with Crippen LogP contribution in [0.15, 0.2) is 29.0 Å². The van der Waals surface area contributed by atoms with E-state index in [1.807, 2.05) is 12.1 Å². The molecule has 17 heavy (non-hydrogen) atoms. The number of fused-ring (bicyclic) bond motifs is 1. The molecule has 90 valence electrons. The molecule has 0 aromatic carbocycles. The second kappa shape index (κ2) is 3.47. The zero-order valence-corrected chi connectivity index (χ0v) is 10.2. The Morgan fingerprint density at radius 3 is 2.88 bits per heavy atom. The highest BCUT2D eigenvalue weighted by Crippen LogP contribution is 2.33. The van der Waals surface area contributed by atoms with Crippen molar-refractivity contribution < 1.29 is 4.42 Å². The van der Waals surface area contributed by atoms with Crippen molar-refractivity contribution in [2.45, 2.75) is 19.4 Å². The molecule has 1 aliphatic heterocycles. The highest BCUT2D eigenvalue weighted by molar-refractivity contribution is 5.88. The number of hydrogen-bond acceptors (Lipinski definition) is 4. The Morgan fingerprint density at radius 1 is 1.41 bits per heavy atom. The van der Waals surface area contributed by atoms with E-state index in [0.717, 1.165) is 29.9 Å². The Morgan fingerprint density at radius 2 is 2.18 bits per heavy atom. The molecule has 0 bridgehead atoms. The second-order valence-electron chi connectivity index (χ2n) is 5.21. The topological polar surface area (TPSA) is 55.3 Å². The summed E-state index contributed by atoms with van der Waals surface area (Å²) < 4.78 is 5.38. The van der Waals surface area contributed by atoms with E-state index in [9.17, 15) is 0 Å². The minimum absolute atomic E-state index is 0.0758. The van der Waals surface area contributed by atoms with Crippen LogP contribution in [0.2, 0.25) is 0 Å². The van der Waals surface area contributed by atoms with Gasteiger partial charge in [0.25, 0.3) is 0 Å². The average molecular weight is 231 g/mol. The van der Waals surface area contributed by atoms with Crippen LogP contribution in [0.3, 0.4) is 0 Å². The smallest absolute Gasteiger partial charge is 0.139 e. The summed E-state index contributed by atoms with van der Waals surface area (Å²) in [6.45, 7) is 6.07. The van der Waals surface area contributed by atoms with Gasteiger partial charge in [-0.15, -0.1) is 0 Å². The third kappa shape index (κ3) is 1.52. The zero-order valence-electron chi connectivity index (χ0n) is 10.2. The number of rotatable bonds is 2. The lowest BCUT2D eigenvalue weighted by Crippen LogP contribution is -2.70. The quantitative estimate of drug-likeness (QED) is 0.859. The van der Waals surface area contributed by atoms with Gasteiger partial charge in [-0.2, -0.15) is 0 Å².